The van der Waals surface area contributed by atoms with E-state index in [4.69, 9.17) is 5.11 Å². The van der Waals surface area contributed by atoms with Crippen molar-refractivity contribution in [3.8, 4) is 0 Å². The molecule has 2 heterocycles. The number of fused-ring (bicyclic) bond motifs is 1. The largest absolute Gasteiger partial charge is 0.395 e. The summed E-state index contributed by atoms with van der Waals surface area (Å²) in [6.45, 7) is 10.7. The number of nitrogens with one attached hydrogen (secondary N) is 3. The van der Waals surface area contributed by atoms with Crippen LogP contribution in [0.5, 0.6) is 0 Å². The predicted molar refractivity (Wildman–Crippen MR) is 138 cm³/mol. The molecule has 1 saturated heterocycles. The van der Waals surface area contributed by atoms with Crippen molar-refractivity contribution in [2.75, 3.05) is 50.8 Å². The van der Waals surface area contributed by atoms with E-state index in [1.807, 2.05) is 26.0 Å². The summed E-state index contributed by atoms with van der Waals surface area (Å²) in [4.78, 5) is 45.3. The number of Topliss-reactive ketones (excluding diaryl/α,β-unsaturated/α-hetero) is 1. The number of piperazine rings is 1. The average molecular weight is 496 g/mol. The Hall–Kier alpha value is -3.17. The number of H-pyrrole nitrogens is 1. The number of aromatic amines is 1. The van der Waals surface area contributed by atoms with Gasteiger partial charge in [-0.05, 0) is 42.0 Å². The van der Waals surface area contributed by atoms with Crippen LogP contribution < -0.4 is 15.5 Å². The first kappa shape index (κ1) is 25.9. The van der Waals surface area contributed by atoms with Crippen molar-refractivity contribution in [2.24, 2.45) is 5.41 Å². The molecule has 194 valence electrons. The Morgan fingerprint density at radius 2 is 1.75 bits per heavy atom. The van der Waals surface area contributed by atoms with Gasteiger partial charge >= 0.3 is 0 Å². The molecule has 0 saturated carbocycles. The third-order valence-corrected chi connectivity index (χ3v) is 7.12. The summed E-state index contributed by atoms with van der Waals surface area (Å²) in [6.07, 6.45) is 1.17. The van der Waals surface area contributed by atoms with Gasteiger partial charge in [0.25, 0.3) is 5.91 Å². The molecule has 4 rings (SSSR count). The molecular formula is C27H37N5O4. The fraction of sp³-hybridized carbons (Fsp3) is 0.519. The molecule has 0 atom stereocenters. The Morgan fingerprint density at radius 1 is 1.06 bits per heavy atom. The number of amides is 2. The van der Waals surface area contributed by atoms with Gasteiger partial charge in [-0.3, -0.25) is 19.3 Å². The molecule has 9 heteroatoms. The number of β-amino-alcohol motifs (C(OH)–C–C–N with tert-alkyl or cyclic N) is 1. The van der Waals surface area contributed by atoms with Crippen LogP contribution in [0.25, 0.3) is 0 Å². The van der Waals surface area contributed by atoms with E-state index in [1.165, 1.54) is 0 Å². The lowest BCUT2D eigenvalue weighted by Gasteiger charge is -2.35. The molecule has 36 heavy (non-hydrogen) atoms. The third-order valence-electron chi connectivity index (χ3n) is 7.12. The van der Waals surface area contributed by atoms with Crippen molar-refractivity contribution in [1.82, 2.24) is 20.5 Å². The lowest BCUT2D eigenvalue weighted by atomic mass is 9.75. The summed E-state index contributed by atoms with van der Waals surface area (Å²) in [5.41, 5.74) is 4.42. The maximum atomic E-state index is 12.7. The Morgan fingerprint density at radius 3 is 2.42 bits per heavy atom. The topological polar surface area (TPSA) is 118 Å². The second-order valence-electron chi connectivity index (χ2n) is 10.6. The molecule has 0 unspecified atom stereocenters. The molecule has 2 amide bonds. The smallest absolute Gasteiger partial charge is 0.268 e. The molecule has 4 N–H and O–H groups in total. The number of nitrogens with zero attached hydrogens (tertiary/aromatic N) is 2. The van der Waals surface area contributed by atoms with Crippen LogP contribution in [0.4, 0.5) is 5.69 Å². The van der Waals surface area contributed by atoms with Crippen molar-refractivity contribution in [2.45, 2.75) is 40.2 Å². The predicted octanol–water partition coefficient (Wildman–Crippen LogP) is 1.64. The van der Waals surface area contributed by atoms with E-state index >= 15 is 0 Å². The van der Waals surface area contributed by atoms with Gasteiger partial charge in [0, 0.05) is 62.6 Å². The van der Waals surface area contributed by atoms with Crippen LogP contribution in [-0.2, 0) is 17.8 Å². The highest BCUT2D eigenvalue weighted by molar-refractivity contribution is 6.05. The highest BCUT2D eigenvalue weighted by atomic mass is 16.3. The van der Waals surface area contributed by atoms with Gasteiger partial charge in [0.1, 0.15) is 5.69 Å². The Kier molecular flexibility index (Phi) is 7.80. The quantitative estimate of drug-likeness (QED) is 0.442. The monoisotopic (exact) mass is 495 g/mol. The van der Waals surface area contributed by atoms with Gasteiger partial charge in [-0.1, -0.05) is 26.0 Å². The molecule has 0 radical (unpaired) electrons. The standard InChI is InChI=1S/C27H37N5O4/c1-18-24-21(14-27(2,3)15-22(24)34)30-25(18)26(36)29-17-23(35)28-16-19-4-6-20(7-5-19)32-10-8-31(9-11-32)12-13-33/h4-7,30,33H,8-17H2,1-3H3,(H,28,35)(H,29,36). The van der Waals surface area contributed by atoms with E-state index in [0.29, 0.717) is 36.2 Å². The molecule has 1 fully saturated rings. The van der Waals surface area contributed by atoms with E-state index in [9.17, 15) is 14.4 Å². The summed E-state index contributed by atoms with van der Waals surface area (Å²) >= 11 is 0. The first-order valence-corrected chi connectivity index (χ1v) is 12.6. The third kappa shape index (κ3) is 5.96. The van der Waals surface area contributed by atoms with Gasteiger partial charge < -0.3 is 25.6 Å². The zero-order chi connectivity index (χ0) is 25.9. The van der Waals surface area contributed by atoms with E-state index in [1.54, 1.807) is 6.92 Å². The Labute approximate surface area is 212 Å². The van der Waals surface area contributed by atoms with E-state index < -0.39 is 0 Å². The zero-order valence-corrected chi connectivity index (χ0v) is 21.4. The summed E-state index contributed by atoms with van der Waals surface area (Å²) < 4.78 is 0. The van der Waals surface area contributed by atoms with Crippen LogP contribution in [0.2, 0.25) is 0 Å². The zero-order valence-electron chi connectivity index (χ0n) is 21.4. The maximum absolute atomic E-state index is 12.7. The molecule has 1 aromatic heterocycles. The number of benzene rings is 1. The average Bonchev–Trinajstić information content (AvgIpc) is 3.17. The normalized spacial score (nSPS) is 17.6. The number of hydrogen-bond acceptors (Lipinski definition) is 6. The van der Waals surface area contributed by atoms with Gasteiger partial charge in [-0.25, -0.2) is 0 Å². The fourth-order valence-corrected chi connectivity index (χ4v) is 5.17. The van der Waals surface area contributed by atoms with E-state index in [-0.39, 0.29) is 36.2 Å². The van der Waals surface area contributed by atoms with Crippen LogP contribution in [0.15, 0.2) is 24.3 Å². The molecule has 1 aliphatic carbocycles. The van der Waals surface area contributed by atoms with Gasteiger partial charge in [-0.2, -0.15) is 0 Å². The van der Waals surface area contributed by atoms with E-state index in [0.717, 1.165) is 49.7 Å². The van der Waals surface area contributed by atoms with Crippen LogP contribution in [-0.4, -0.2) is 78.5 Å². The number of aliphatic hydroxyl groups excluding tert-OH is 1. The molecule has 0 bridgehead atoms. The molecule has 2 aliphatic rings. The SMILES string of the molecule is Cc1c(C(=O)NCC(=O)NCc2ccc(N3CCN(CCO)CC3)cc2)[nH]c2c1C(=O)CC(C)(C)C2. The minimum absolute atomic E-state index is 0.0572. The summed E-state index contributed by atoms with van der Waals surface area (Å²) in [5.74, 6) is -0.605. The van der Waals surface area contributed by atoms with E-state index in [2.05, 4.69) is 37.6 Å². The number of hydrogen-bond donors (Lipinski definition) is 4. The number of anilines is 1. The lowest BCUT2D eigenvalue weighted by Crippen LogP contribution is -2.47. The highest BCUT2D eigenvalue weighted by Crippen LogP contribution is 2.36. The maximum Gasteiger partial charge on any atom is 0.268 e. The Bertz CT molecular complexity index is 1110. The number of ketones is 1. The fourth-order valence-electron chi connectivity index (χ4n) is 5.17. The number of aromatic nitrogens is 1. The summed E-state index contributed by atoms with van der Waals surface area (Å²) in [7, 11) is 0. The van der Waals surface area contributed by atoms with Crippen molar-refractivity contribution in [1.29, 1.82) is 0 Å². The number of carbonyl (C=O) groups excluding carboxylic acids is 3. The van der Waals surface area contributed by atoms with Crippen LogP contribution in [0.3, 0.4) is 0 Å². The van der Waals surface area contributed by atoms with Crippen molar-refractivity contribution < 1.29 is 19.5 Å². The second-order valence-corrected chi connectivity index (χ2v) is 10.6. The van der Waals surface area contributed by atoms with Gasteiger partial charge in [0.15, 0.2) is 5.78 Å². The lowest BCUT2D eigenvalue weighted by molar-refractivity contribution is -0.120. The van der Waals surface area contributed by atoms with Crippen molar-refractivity contribution in [3.63, 3.8) is 0 Å². The first-order valence-electron chi connectivity index (χ1n) is 12.6. The summed E-state index contributed by atoms with van der Waals surface area (Å²) in [6, 6.07) is 8.12. The van der Waals surface area contributed by atoms with Crippen LogP contribution in [0, 0.1) is 12.3 Å². The highest BCUT2D eigenvalue weighted by Gasteiger charge is 2.35. The van der Waals surface area contributed by atoms with Crippen LogP contribution >= 0.6 is 0 Å². The molecular weight excluding hydrogens is 458 g/mol. The van der Waals surface area contributed by atoms with Crippen LogP contribution in [0.1, 0.15) is 57.9 Å². The molecule has 9 nitrogen and oxygen atoms in total. The molecule has 1 aliphatic heterocycles. The van der Waals surface area contributed by atoms with Gasteiger partial charge in [-0.15, -0.1) is 0 Å². The number of aliphatic hydroxyl groups is 1. The molecule has 0 spiro atoms. The first-order chi connectivity index (χ1) is 17.2. The second kappa shape index (κ2) is 10.8. The minimum Gasteiger partial charge on any atom is -0.395 e. The summed E-state index contributed by atoms with van der Waals surface area (Å²) in [5, 5.41) is 14.6. The molecule has 2 aromatic rings. The number of carbonyl (C=O) groups is 3. The molecule has 1 aromatic carbocycles. The van der Waals surface area contributed by atoms with Crippen molar-refractivity contribution >= 4 is 23.3 Å². The van der Waals surface area contributed by atoms with Crippen molar-refractivity contribution in [3.05, 3.63) is 52.3 Å². The number of rotatable bonds is 8. The Balaban J connectivity index is 1.24. The minimum atomic E-state index is -0.383. The van der Waals surface area contributed by atoms with Gasteiger partial charge in [0.2, 0.25) is 5.91 Å². The van der Waals surface area contributed by atoms with Gasteiger partial charge in [0.05, 0.1) is 13.2 Å².